The number of ketones is 1. The first-order valence-electron chi connectivity index (χ1n) is 9.98. The Kier molecular flexibility index (Phi) is 4.05. The SMILES string of the molecule is CC1=CC(C)(C)N2C(=O)/C(=C/C(=O)c3cc4ccc(O)cc4oc3=O)c3cc(F)cc1c32. The minimum Gasteiger partial charge on any atom is -0.508 e. The first kappa shape index (κ1) is 19.9. The third-order valence-corrected chi connectivity index (χ3v) is 5.85. The molecule has 3 heterocycles. The van der Waals surface area contributed by atoms with Crippen molar-refractivity contribution in [2.24, 2.45) is 0 Å². The van der Waals surface area contributed by atoms with Gasteiger partial charge in [-0.15, -0.1) is 0 Å². The lowest BCUT2D eigenvalue weighted by atomic mass is 9.89. The normalized spacial score (nSPS) is 17.6. The molecule has 0 saturated heterocycles. The van der Waals surface area contributed by atoms with Gasteiger partial charge in [-0.05, 0) is 62.8 Å². The number of phenols is 1. The molecule has 5 rings (SSSR count). The number of hydrogen-bond acceptors (Lipinski definition) is 5. The van der Waals surface area contributed by atoms with Gasteiger partial charge in [0.05, 0.1) is 16.8 Å². The van der Waals surface area contributed by atoms with Crippen LogP contribution < -0.4 is 10.5 Å². The molecule has 6 nitrogen and oxygen atoms in total. The van der Waals surface area contributed by atoms with Gasteiger partial charge in [-0.3, -0.25) is 14.5 Å². The number of carbonyl (C=O) groups excluding carboxylic acids is 2. The van der Waals surface area contributed by atoms with Gasteiger partial charge in [0, 0.05) is 22.6 Å². The minimum atomic E-state index is -0.894. The zero-order valence-electron chi connectivity index (χ0n) is 17.5. The molecular weight excluding hydrogens is 413 g/mol. The molecule has 2 aliphatic rings. The van der Waals surface area contributed by atoms with Crippen LogP contribution in [0.4, 0.5) is 10.1 Å². The molecular formula is C25H18FNO5. The molecule has 0 aliphatic carbocycles. The fourth-order valence-electron chi connectivity index (χ4n) is 4.53. The molecule has 160 valence electrons. The van der Waals surface area contributed by atoms with E-state index < -0.39 is 28.7 Å². The van der Waals surface area contributed by atoms with Gasteiger partial charge in [0.15, 0.2) is 5.78 Å². The summed E-state index contributed by atoms with van der Waals surface area (Å²) in [4.78, 5) is 40.3. The van der Waals surface area contributed by atoms with Gasteiger partial charge >= 0.3 is 5.63 Å². The molecule has 32 heavy (non-hydrogen) atoms. The molecule has 1 N–H and O–H groups in total. The molecule has 1 aromatic heterocycles. The predicted octanol–water partition coefficient (Wildman–Crippen LogP) is 4.45. The average Bonchev–Trinajstić information content (AvgIpc) is 2.98. The smallest absolute Gasteiger partial charge is 0.347 e. The van der Waals surface area contributed by atoms with Gasteiger partial charge in [0.1, 0.15) is 22.7 Å². The second-order valence-corrected chi connectivity index (χ2v) is 8.56. The van der Waals surface area contributed by atoms with Gasteiger partial charge in [-0.25, -0.2) is 9.18 Å². The zero-order valence-corrected chi connectivity index (χ0v) is 17.5. The van der Waals surface area contributed by atoms with Crippen LogP contribution in [0, 0.1) is 5.82 Å². The molecule has 7 heteroatoms. The van der Waals surface area contributed by atoms with E-state index in [9.17, 15) is 23.9 Å². The van der Waals surface area contributed by atoms with E-state index in [0.29, 0.717) is 22.2 Å². The van der Waals surface area contributed by atoms with Crippen LogP contribution in [0.5, 0.6) is 5.75 Å². The van der Waals surface area contributed by atoms with Gasteiger partial charge in [0.2, 0.25) is 0 Å². The summed E-state index contributed by atoms with van der Waals surface area (Å²) in [6.07, 6.45) is 2.95. The number of carbonyl (C=O) groups is 2. The quantitative estimate of drug-likeness (QED) is 0.368. The summed E-state index contributed by atoms with van der Waals surface area (Å²) in [5, 5.41) is 10.00. The highest BCUT2D eigenvalue weighted by Gasteiger charge is 2.45. The van der Waals surface area contributed by atoms with E-state index in [-0.39, 0.29) is 22.5 Å². The van der Waals surface area contributed by atoms with Gasteiger partial charge in [0.25, 0.3) is 5.91 Å². The lowest BCUT2D eigenvalue weighted by molar-refractivity contribution is -0.113. The van der Waals surface area contributed by atoms with Gasteiger partial charge < -0.3 is 9.52 Å². The zero-order chi connectivity index (χ0) is 22.9. The predicted molar refractivity (Wildman–Crippen MR) is 118 cm³/mol. The molecule has 0 bridgehead atoms. The summed E-state index contributed by atoms with van der Waals surface area (Å²) in [6, 6.07) is 8.14. The fraction of sp³-hybridized carbons (Fsp3) is 0.160. The topological polar surface area (TPSA) is 87.8 Å². The molecule has 1 amide bonds. The number of rotatable bonds is 2. The first-order chi connectivity index (χ1) is 15.1. The van der Waals surface area contributed by atoms with Crippen molar-refractivity contribution >= 4 is 39.5 Å². The number of amides is 1. The van der Waals surface area contributed by atoms with Gasteiger partial charge in [-0.1, -0.05) is 6.08 Å². The van der Waals surface area contributed by atoms with Crippen LogP contribution in [-0.2, 0) is 4.79 Å². The Hall–Kier alpha value is -4.00. The van der Waals surface area contributed by atoms with Crippen LogP contribution in [0.25, 0.3) is 22.1 Å². The lowest BCUT2D eigenvalue weighted by Gasteiger charge is -2.38. The van der Waals surface area contributed by atoms with Crippen molar-refractivity contribution in [3.05, 3.63) is 81.5 Å². The van der Waals surface area contributed by atoms with Crippen LogP contribution in [0.3, 0.4) is 0 Å². The third kappa shape index (κ3) is 2.81. The van der Waals surface area contributed by atoms with Crippen LogP contribution in [-0.4, -0.2) is 22.3 Å². The number of fused-ring (bicyclic) bond motifs is 1. The maximum atomic E-state index is 14.4. The number of hydrogen-bond donors (Lipinski definition) is 1. The summed E-state index contributed by atoms with van der Waals surface area (Å²) >= 11 is 0. The molecule has 0 saturated carbocycles. The molecule has 2 aliphatic heterocycles. The maximum Gasteiger partial charge on any atom is 0.347 e. The minimum absolute atomic E-state index is 0.0205. The molecule has 0 atom stereocenters. The Bertz CT molecular complexity index is 1490. The molecule has 0 radical (unpaired) electrons. The van der Waals surface area contributed by atoms with Crippen molar-refractivity contribution in [3.63, 3.8) is 0 Å². The van der Waals surface area contributed by atoms with Crippen LogP contribution in [0.1, 0.15) is 42.3 Å². The van der Waals surface area contributed by atoms with E-state index in [1.807, 2.05) is 26.8 Å². The highest BCUT2D eigenvalue weighted by atomic mass is 19.1. The van der Waals surface area contributed by atoms with E-state index in [0.717, 1.165) is 11.6 Å². The summed E-state index contributed by atoms with van der Waals surface area (Å²) < 4.78 is 19.6. The molecule has 0 spiro atoms. The van der Waals surface area contributed by atoms with Gasteiger partial charge in [-0.2, -0.15) is 0 Å². The standard InChI is InChI=1S/C25H18FNO5/c1-12-11-25(2,3)27-22-16(12)7-14(26)8-17(22)18(23(27)30)10-20(29)19-6-13-4-5-15(28)9-21(13)32-24(19)31/h4-11,28H,1-3H3/b18-10+. The largest absolute Gasteiger partial charge is 0.508 e. The van der Waals surface area contributed by atoms with Crippen molar-refractivity contribution in [1.29, 1.82) is 0 Å². The maximum absolute atomic E-state index is 14.4. The monoisotopic (exact) mass is 431 g/mol. The Morgan fingerprint density at radius 1 is 1.12 bits per heavy atom. The number of phenolic OH excluding ortho intramolecular Hbond substituents is 1. The van der Waals surface area contributed by atoms with Crippen LogP contribution in [0.2, 0.25) is 0 Å². The summed E-state index contributed by atoms with van der Waals surface area (Å²) in [5.41, 5.74) is 0.618. The van der Waals surface area contributed by atoms with E-state index >= 15 is 0 Å². The van der Waals surface area contributed by atoms with Crippen molar-refractivity contribution in [2.45, 2.75) is 26.3 Å². The van der Waals surface area contributed by atoms with E-state index in [4.69, 9.17) is 4.42 Å². The molecule has 0 fully saturated rings. The fourth-order valence-corrected chi connectivity index (χ4v) is 4.53. The summed E-state index contributed by atoms with van der Waals surface area (Å²) in [5.74, 6) is -1.77. The highest BCUT2D eigenvalue weighted by molar-refractivity contribution is 6.37. The molecule has 0 unspecified atom stereocenters. The van der Waals surface area contributed by atoms with Crippen LogP contribution >= 0.6 is 0 Å². The van der Waals surface area contributed by atoms with Crippen LogP contribution in [0.15, 0.2) is 57.8 Å². The second-order valence-electron chi connectivity index (χ2n) is 8.56. The lowest BCUT2D eigenvalue weighted by Crippen LogP contribution is -2.46. The number of benzene rings is 2. The Morgan fingerprint density at radius 3 is 2.59 bits per heavy atom. The molecule has 2 aromatic carbocycles. The number of nitrogens with zero attached hydrogens (tertiary/aromatic N) is 1. The summed E-state index contributed by atoms with van der Waals surface area (Å²) in [6.45, 7) is 5.58. The average molecular weight is 431 g/mol. The first-order valence-corrected chi connectivity index (χ1v) is 9.98. The third-order valence-electron chi connectivity index (χ3n) is 5.85. The van der Waals surface area contributed by atoms with Crippen molar-refractivity contribution in [2.75, 3.05) is 4.90 Å². The van der Waals surface area contributed by atoms with Crippen molar-refractivity contribution in [1.82, 2.24) is 0 Å². The van der Waals surface area contributed by atoms with Crippen molar-refractivity contribution < 1.29 is 23.5 Å². The van der Waals surface area contributed by atoms with Crippen molar-refractivity contribution in [3.8, 4) is 5.75 Å². The Balaban J connectivity index is 1.68. The Morgan fingerprint density at radius 2 is 1.84 bits per heavy atom. The number of aromatic hydroxyl groups is 1. The number of halogens is 1. The highest BCUT2D eigenvalue weighted by Crippen LogP contribution is 2.49. The van der Waals surface area contributed by atoms with E-state index in [1.165, 1.54) is 36.4 Å². The number of anilines is 1. The summed E-state index contributed by atoms with van der Waals surface area (Å²) in [7, 11) is 0. The Labute approximate surface area is 181 Å². The van der Waals surface area contributed by atoms with E-state index in [1.54, 1.807) is 4.90 Å². The number of allylic oxidation sites excluding steroid dienone is 2. The second kappa shape index (κ2) is 6.50. The molecule has 3 aromatic rings. The van der Waals surface area contributed by atoms with E-state index in [2.05, 4.69) is 0 Å².